The molecule has 1 aliphatic rings. The molecule has 3 nitrogen and oxygen atoms in total. The zero-order valence-corrected chi connectivity index (χ0v) is 13.4. The van der Waals surface area contributed by atoms with Crippen molar-refractivity contribution in [3.05, 3.63) is 40.6 Å². The van der Waals surface area contributed by atoms with Crippen LogP contribution in [0, 0.1) is 13.8 Å². The number of rotatable bonds is 3. The van der Waals surface area contributed by atoms with E-state index in [-0.39, 0.29) is 0 Å². The lowest BCUT2D eigenvalue weighted by molar-refractivity contribution is 0.752. The van der Waals surface area contributed by atoms with Crippen LogP contribution >= 0.6 is 0 Å². The fraction of sp³-hybridized carbons (Fsp3) is 0.500. The number of aryl methyl sites for hydroxylation is 3. The van der Waals surface area contributed by atoms with Crippen LogP contribution in [0.3, 0.4) is 0 Å². The van der Waals surface area contributed by atoms with E-state index in [1.807, 2.05) is 0 Å². The van der Waals surface area contributed by atoms with Crippen molar-refractivity contribution in [2.24, 2.45) is 0 Å². The molecule has 0 saturated carbocycles. The lowest BCUT2D eigenvalue weighted by atomic mass is 10.1. The molecule has 0 unspecified atom stereocenters. The predicted octanol–water partition coefficient (Wildman–Crippen LogP) is 4.19. The molecule has 1 aliphatic heterocycles. The molecule has 0 amide bonds. The van der Waals surface area contributed by atoms with Crippen LogP contribution in [0.1, 0.15) is 48.6 Å². The standard InChI is InChI=1S/C18H25N3/c1-4-7-16-15-8-5-6-11-19-18(15)21(20-16)17-12-13(2)9-10-14(17)3/h9-10,12,19H,4-8,11H2,1-3H3. The van der Waals surface area contributed by atoms with Gasteiger partial charge in [0.25, 0.3) is 0 Å². The zero-order chi connectivity index (χ0) is 14.8. The fourth-order valence-corrected chi connectivity index (χ4v) is 3.13. The van der Waals surface area contributed by atoms with Gasteiger partial charge in [-0.05, 0) is 56.7 Å². The van der Waals surface area contributed by atoms with Crippen molar-refractivity contribution in [3.8, 4) is 5.69 Å². The largest absolute Gasteiger partial charge is 0.370 e. The summed E-state index contributed by atoms with van der Waals surface area (Å²) in [4.78, 5) is 0. The SMILES string of the molecule is CCCc1nn(-c2cc(C)ccc2C)c2c1CCCCN2. The van der Waals surface area contributed by atoms with Crippen LogP contribution in [0.4, 0.5) is 5.82 Å². The smallest absolute Gasteiger partial charge is 0.133 e. The molecule has 0 radical (unpaired) electrons. The molecule has 0 atom stereocenters. The van der Waals surface area contributed by atoms with Gasteiger partial charge in [0.1, 0.15) is 5.82 Å². The summed E-state index contributed by atoms with van der Waals surface area (Å²) in [7, 11) is 0. The number of hydrogen-bond donors (Lipinski definition) is 1. The van der Waals surface area contributed by atoms with Crippen LogP contribution in [0.5, 0.6) is 0 Å². The number of nitrogens with one attached hydrogen (secondary N) is 1. The molecule has 3 rings (SSSR count). The summed E-state index contributed by atoms with van der Waals surface area (Å²) in [6.45, 7) is 7.59. The number of fused-ring (bicyclic) bond motifs is 1. The second-order valence-corrected chi connectivity index (χ2v) is 6.11. The summed E-state index contributed by atoms with van der Waals surface area (Å²) in [5.74, 6) is 1.23. The summed E-state index contributed by atoms with van der Waals surface area (Å²) in [6, 6.07) is 6.60. The van der Waals surface area contributed by atoms with E-state index in [1.165, 1.54) is 46.7 Å². The number of anilines is 1. The maximum atomic E-state index is 4.95. The maximum absolute atomic E-state index is 4.95. The van der Waals surface area contributed by atoms with Crippen LogP contribution in [-0.4, -0.2) is 16.3 Å². The molecule has 2 aromatic rings. The van der Waals surface area contributed by atoms with Gasteiger partial charge in [-0.25, -0.2) is 4.68 Å². The quantitative estimate of drug-likeness (QED) is 0.915. The molecule has 0 fully saturated rings. The highest BCUT2D eigenvalue weighted by atomic mass is 15.3. The first-order valence-electron chi connectivity index (χ1n) is 8.13. The molecule has 0 aliphatic carbocycles. The Morgan fingerprint density at radius 2 is 2.10 bits per heavy atom. The van der Waals surface area contributed by atoms with Crippen LogP contribution in [0.15, 0.2) is 18.2 Å². The van der Waals surface area contributed by atoms with Crippen molar-refractivity contribution in [1.29, 1.82) is 0 Å². The van der Waals surface area contributed by atoms with Gasteiger partial charge in [-0.3, -0.25) is 0 Å². The average molecular weight is 283 g/mol. The minimum Gasteiger partial charge on any atom is -0.370 e. The van der Waals surface area contributed by atoms with Gasteiger partial charge < -0.3 is 5.32 Å². The molecule has 0 bridgehead atoms. The first-order chi connectivity index (χ1) is 10.2. The van der Waals surface area contributed by atoms with Crippen LogP contribution in [0.25, 0.3) is 5.69 Å². The molecule has 0 saturated heterocycles. The summed E-state index contributed by atoms with van der Waals surface area (Å²) in [5.41, 5.74) is 6.49. The van der Waals surface area contributed by atoms with Crippen molar-refractivity contribution < 1.29 is 0 Å². The molecule has 1 aromatic heterocycles. The van der Waals surface area contributed by atoms with Crippen molar-refractivity contribution in [2.75, 3.05) is 11.9 Å². The van der Waals surface area contributed by atoms with Crippen LogP contribution in [-0.2, 0) is 12.8 Å². The maximum Gasteiger partial charge on any atom is 0.133 e. The molecular formula is C18H25N3. The van der Waals surface area contributed by atoms with Crippen molar-refractivity contribution in [2.45, 2.75) is 52.9 Å². The zero-order valence-electron chi connectivity index (χ0n) is 13.4. The highest BCUT2D eigenvalue weighted by Crippen LogP contribution is 2.30. The fourth-order valence-electron chi connectivity index (χ4n) is 3.13. The van der Waals surface area contributed by atoms with Gasteiger partial charge in [-0.15, -0.1) is 0 Å². The van der Waals surface area contributed by atoms with E-state index < -0.39 is 0 Å². The minimum atomic E-state index is 1.05. The highest BCUT2D eigenvalue weighted by molar-refractivity contribution is 5.56. The number of benzene rings is 1. The van der Waals surface area contributed by atoms with E-state index in [4.69, 9.17) is 5.10 Å². The van der Waals surface area contributed by atoms with Crippen LogP contribution < -0.4 is 5.32 Å². The van der Waals surface area contributed by atoms with E-state index in [1.54, 1.807) is 0 Å². The Balaban J connectivity index is 2.15. The Kier molecular flexibility index (Phi) is 4.00. The Morgan fingerprint density at radius 3 is 2.90 bits per heavy atom. The molecule has 112 valence electrons. The summed E-state index contributed by atoms with van der Waals surface area (Å²) in [6.07, 6.45) is 5.88. The van der Waals surface area contributed by atoms with Crippen molar-refractivity contribution >= 4 is 5.82 Å². The molecule has 2 heterocycles. The topological polar surface area (TPSA) is 29.9 Å². The van der Waals surface area contributed by atoms with E-state index in [9.17, 15) is 0 Å². The Bertz CT molecular complexity index is 640. The van der Waals surface area contributed by atoms with Gasteiger partial charge in [-0.2, -0.15) is 5.10 Å². The van der Waals surface area contributed by atoms with Gasteiger partial charge in [0.15, 0.2) is 0 Å². The van der Waals surface area contributed by atoms with Crippen molar-refractivity contribution in [3.63, 3.8) is 0 Å². The monoisotopic (exact) mass is 283 g/mol. The van der Waals surface area contributed by atoms with Gasteiger partial charge >= 0.3 is 0 Å². The molecule has 1 N–H and O–H groups in total. The Morgan fingerprint density at radius 1 is 1.24 bits per heavy atom. The summed E-state index contributed by atoms with van der Waals surface area (Å²) < 4.78 is 2.15. The van der Waals surface area contributed by atoms with Gasteiger partial charge in [0.2, 0.25) is 0 Å². The first-order valence-corrected chi connectivity index (χ1v) is 8.13. The summed E-state index contributed by atoms with van der Waals surface area (Å²) >= 11 is 0. The van der Waals surface area contributed by atoms with E-state index in [0.29, 0.717) is 0 Å². The second kappa shape index (κ2) is 5.92. The molecule has 1 aromatic carbocycles. The van der Waals surface area contributed by atoms with E-state index in [0.717, 1.165) is 25.8 Å². The lowest BCUT2D eigenvalue weighted by Crippen LogP contribution is -2.08. The third-order valence-electron chi connectivity index (χ3n) is 4.29. The molecular weight excluding hydrogens is 258 g/mol. The highest BCUT2D eigenvalue weighted by Gasteiger charge is 2.20. The molecule has 3 heteroatoms. The van der Waals surface area contributed by atoms with Gasteiger partial charge in [0.05, 0.1) is 11.4 Å². The van der Waals surface area contributed by atoms with Gasteiger partial charge in [-0.1, -0.05) is 25.5 Å². The van der Waals surface area contributed by atoms with Gasteiger partial charge in [0, 0.05) is 12.1 Å². The number of hydrogen-bond acceptors (Lipinski definition) is 2. The summed E-state index contributed by atoms with van der Waals surface area (Å²) in [5, 5.41) is 8.57. The first kappa shape index (κ1) is 14.2. The second-order valence-electron chi connectivity index (χ2n) is 6.11. The minimum absolute atomic E-state index is 1.05. The predicted molar refractivity (Wildman–Crippen MR) is 88.5 cm³/mol. The third-order valence-corrected chi connectivity index (χ3v) is 4.29. The molecule has 21 heavy (non-hydrogen) atoms. The van der Waals surface area contributed by atoms with E-state index >= 15 is 0 Å². The normalized spacial score (nSPS) is 14.4. The third kappa shape index (κ3) is 2.69. The van der Waals surface area contributed by atoms with Crippen molar-refractivity contribution in [1.82, 2.24) is 9.78 Å². The number of nitrogens with zero attached hydrogens (tertiary/aromatic N) is 2. The Labute approximate surface area is 127 Å². The van der Waals surface area contributed by atoms with Crippen LogP contribution in [0.2, 0.25) is 0 Å². The molecule has 0 spiro atoms. The number of aromatic nitrogens is 2. The average Bonchev–Trinajstić information content (AvgIpc) is 2.66. The van der Waals surface area contributed by atoms with E-state index in [2.05, 4.69) is 49.0 Å². The Hall–Kier alpha value is -1.77. The lowest BCUT2D eigenvalue weighted by Gasteiger charge is -2.12.